The molecule has 3 fully saturated rings. The van der Waals surface area contributed by atoms with Crippen molar-refractivity contribution in [1.82, 2.24) is 14.9 Å². The zero-order chi connectivity index (χ0) is 12.2. The molecule has 0 aromatic carbocycles. The Labute approximate surface area is 110 Å². The molecule has 3 aliphatic heterocycles. The molecule has 0 aromatic rings. The van der Waals surface area contributed by atoms with Crippen molar-refractivity contribution in [2.75, 3.05) is 59.2 Å². The molecular formula is C13H25N3O2. The zero-order valence-electron chi connectivity index (χ0n) is 11.2. The monoisotopic (exact) mass is 255 g/mol. The number of rotatable bonds is 2. The van der Waals surface area contributed by atoms with Crippen LogP contribution in [0, 0.1) is 0 Å². The molecule has 3 rings (SSSR count). The van der Waals surface area contributed by atoms with Gasteiger partial charge in [0.1, 0.15) is 0 Å². The van der Waals surface area contributed by atoms with Crippen LogP contribution in [-0.2, 0) is 9.47 Å². The molecule has 0 aliphatic carbocycles. The fraction of sp³-hybridized carbons (Fsp3) is 1.00. The van der Waals surface area contributed by atoms with Crippen LogP contribution < -0.4 is 0 Å². The topological polar surface area (TPSA) is 28.2 Å². The SMILES string of the molecule is C1CCN(C2COCCN2N2CCOCC2)CC1. The summed E-state index contributed by atoms with van der Waals surface area (Å²) < 4.78 is 11.2. The van der Waals surface area contributed by atoms with Crippen LogP contribution in [0.5, 0.6) is 0 Å². The van der Waals surface area contributed by atoms with Crippen LogP contribution in [0.4, 0.5) is 0 Å². The van der Waals surface area contributed by atoms with E-state index < -0.39 is 0 Å². The second kappa shape index (κ2) is 6.30. The average Bonchev–Trinajstić information content (AvgIpc) is 2.49. The molecule has 1 unspecified atom stereocenters. The quantitative estimate of drug-likeness (QED) is 0.711. The fourth-order valence-electron chi connectivity index (χ4n) is 3.23. The number of ether oxygens (including phenoxy) is 2. The van der Waals surface area contributed by atoms with Crippen LogP contribution in [0.1, 0.15) is 19.3 Å². The molecule has 0 spiro atoms. The number of nitrogens with zero attached hydrogens (tertiary/aromatic N) is 3. The van der Waals surface area contributed by atoms with Gasteiger partial charge in [-0.15, -0.1) is 0 Å². The van der Waals surface area contributed by atoms with E-state index in [0.717, 1.165) is 46.1 Å². The van der Waals surface area contributed by atoms with Crippen LogP contribution >= 0.6 is 0 Å². The molecule has 3 saturated heterocycles. The van der Waals surface area contributed by atoms with Crippen molar-refractivity contribution >= 4 is 0 Å². The van der Waals surface area contributed by atoms with Gasteiger partial charge in [-0.25, -0.2) is 10.0 Å². The van der Waals surface area contributed by atoms with E-state index in [9.17, 15) is 0 Å². The second-order valence-electron chi connectivity index (χ2n) is 5.38. The Bertz CT molecular complexity index is 227. The van der Waals surface area contributed by atoms with Gasteiger partial charge in [-0.1, -0.05) is 6.42 Å². The van der Waals surface area contributed by atoms with Crippen molar-refractivity contribution in [1.29, 1.82) is 0 Å². The second-order valence-corrected chi connectivity index (χ2v) is 5.38. The fourth-order valence-corrected chi connectivity index (χ4v) is 3.23. The summed E-state index contributed by atoms with van der Waals surface area (Å²) >= 11 is 0. The van der Waals surface area contributed by atoms with Gasteiger partial charge in [0.05, 0.1) is 32.6 Å². The normalized spacial score (nSPS) is 33.7. The lowest BCUT2D eigenvalue weighted by Gasteiger charge is -2.49. The number of piperidine rings is 1. The largest absolute Gasteiger partial charge is 0.379 e. The van der Waals surface area contributed by atoms with Crippen LogP contribution in [0.2, 0.25) is 0 Å². The Hall–Kier alpha value is -0.200. The van der Waals surface area contributed by atoms with Gasteiger partial charge in [0.2, 0.25) is 0 Å². The lowest BCUT2D eigenvalue weighted by molar-refractivity contribution is -0.196. The first kappa shape index (κ1) is 12.8. The molecule has 5 nitrogen and oxygen atoms in total. The van der Waals surface area contributed by atoms with Gasteiger partial charge in [0.25, 0.3) is 0 Å². The summed E-state index contributed by atoms with van der Waals surface area (Å²) in [7, 11) is 0. The third kappa shape index (κ3) is 2.86. The molecule has 5 heteroatoms. The first-order valence-electron chi connectivity index (χ1n) is 7.36. The molecule has 3 heterocycles. The maximum Gasteiger partial charge on any atom is 0.0998 e. The first-order chi connectivity index (χ1) is 8.95. The van der Waals surface area contributed by atoms with Gasteiger partial charge in [-0.2, -0.15) is 0 Å². The van der Waals surface area contributed by atoms with E-state index in [1.54, 1.807) is 0 Å². The third-order valence-corrected chi connectivity index (χ3v) is 4.24. The number of hydrogen-bond donors (Lipinski definition) is 0. The third-order valence-electron chi connectivity index (χ3n) is 4.24. The van der Waals surface area contributed by atoms with Gasteiger partial charge in [0.15, 0.2) is 0 Å². The van der Waals surface area contributed by atoms with Crippen molar-refractivity contribution in [3.63, 3.8) is 0 Å². The van der Waals surface area contributed by atoms with Crippen LogP contribution in [0.3, 0.4) is 0 Å². The molecule has 18 heavy (non-hydrogen) atoms. The lowest BCUT2D eigenvalue weighted by Crippen LogP contribution is -2.63. The Balaban J connectivity index is 1.64. The zero-order valence-corrected chi connectivity index (χ0v) is 11.2. The lowest BCUT2D eigenvalue weighted by atomic mass is 10.1. The summed E-state index contributed by atoms with van der Waals surface area (Å²) in [5, 5.41) is 5.02. The van der Waals surface area contributed by atoms with E-state index in [1.165, 1.54) is 32.4 Å². The van der Waals surface area contributed by atoms with Crippen LogP contribution in [-0.4, -0.2) is 80.2 Å². The Morgan fingerprint density at radius 1 is 0.722 bits per heavy atom. The van der Waals surface area contributed by atoms with Gasteiger partial charge in [-0.3, -0.25) is 4.90 Å². The summed E-state index contributed by atoms with van der Waals surface area (Å²) in [6, 6.07) is 0. The van der Waals surface area contributed by atoms with Crippen molar-refractivity contribution in [2.45, 2.75) is 25.4 Å². The van der Waals surface area contributed by atoms with Crippen molar-refractivity contribution < 1.29 is 9.47 Å². The highest BCUT2D eigenvalue weighted by Gasteiger charge is 2.33. The molecule has 0 aromatic heterocycles. The maximum absolute atomic E-state index is 5.72. The number of likely N-dealkylation sites (tertiary alicyclic amines) is 1. The summed E-state index contributed by atoms with van der Waals surface area (Å²) in [5.41, 5.74) is 0. The van der Waals surface area contributed by atoms with E-state index in [0.29, 0.717) is 6.17 Å². The maximum atomic E-state index is 5.72. The molecule has 0 radical (unpaired) electrons. The molecule has 1 atom stereocenters. The highest BCUT2D eigenvalue weighted by Crippen LogP contribution is 2.20. The Morgan fingerprint density at radius 3 is 2.22 bits per heavy atom. The minimum absolute atomic E-state index is 0.456. The summed E-state index contributed by atoms with van der Waals surface area (Å²) in [5.74, 6) is 0. The highest BCUT2D eigenvalue weighted by molar-refractivity contribution is 4.78. The van der Waals surface area contributed by atoms with E-state index in [-0.39, 0.29) is 0 Å². The molecular weight excluding hydrogens is 230 g/mol. The number of morpholine rings is 2. The van der Waals surface area contributed by atoms with Gasteiger partial charge >= 0.3 is 0 Å². The summed E-state index contributed by atoms with van der Waals surface area (Å²) in [4.78, 5) is 2.61. The van der Waals surface area contributed by atoms with E-state index in [2.05, 4.69) is 14.9 Å². The van der Waals surface area contributed by atoms with E-state index in [1.807, 2.05) is 0 Å². The number of hydrogen-bond acceptors (Lipinski definition) is 5. The first-order valence-corrected chi connectivity index (χ1v) is 7.36. The minimum atomic E-state index is 0.456. The number of hydrazine groups is 1. The smallest absolute Gasteiger partial charge is 0.0998 e. The van der Waals surface area contributed by atoms with E-state index in [4.69, 9.17) is 9.47 Å². The van der Waals surface area contributed by atoms with Crippen molar-refractivity contribution in [3.8, 4) is 0 Å². The summed E-state index contributed by atoms with van der Waals surface area (Å²) in [6.07, 6.45) is 4.53. The predicted molar refractivity (Wildman–Crippen MR) is 69.1 cm³/mol. The molecule has 3 aliphatic rings. The van der Waals surface area contributed by atoms with Gasteiger partial charge < -0.3 is 9.47 Å². The average molecular weight is 255 g/mol. The molecule has 0 amide bonds. The minimum Gasteiger partial charge on any atom is -0.379 e. The van der Waals surface area contributed by atoms with Crippen LogP contribution in [0.15, 0.2) is 0 Å². The predicted octanol–water partition coefficient (Wildman–Crippen LogP) is 0.378. The van der Waals surface area contributed by atoms with Gasteiger partial charge in [0, 0.05) is 19.6 Å². The van der Waals surface area contributed by atoms with Crippen LogP contribution in [0.25, 0.3) is 0 Å². The van der Waals surface area contributed by atoms with Crippen molar-refractivity contribution in [2.24, 2.45) is 0 Å². The Kier molecular flexibility index (Phi) is 4.49. The summed E-state index contributed by atoms with van der Waals surface area (Å²) in [6.45, 7) is 9.01. The van der Waals surface area contributed by atoms with E-state index >= 15 is 0 Å². The molecule has 104 valence electrons. The highest BCUT2D eigenvalue weighted by atomic mass is 16.5. The van der Waals surface area contributed by atoms with Crippen molar-refractivity contribution in [3.05, 3.63) is 0 Å². The molecule has 0 saturated carbocycles. The standard InChI is InChI=1S/C13H25N3O2/c1-2-4-14(5-3-1)13-12-18-11-8-16(13)15-6-9-17-10-7-15/h13H,1-12H2. The molecule has 0 bridgehead atoms. The Morgan fingerprint density at radius 2 is 1.44 bits per heavy atom. The van der Waals surface area contributed by atoms with Gasteiger partial charge in [-0.05, 0) is 25.9 Å². The molecule has 0 N–H and O–H groups in total.